The van der Waals surface area contributed by atoms with Gasteiger partial charge in [0.2, 0.25) is 16.9 Å². The third kappa shape index (κ3) is 2.98. The number of hydrogen-bond acceptors (Lipinski definition) is 9. The predicted octanol–water partition coefficient (Wildman–Crippen LogP) is -1.32. The number of hydrogen-bond donors (Lipinski definition) is 3. The molecule has 0 bridgehead atoms. The first kappa shape index (κ1) is 19.6. The number of aryl methyl sites for hydroxylation is 1. The predicted molar refractivity (Wildman–Crippen MR) is 100.0 cm³/mol. The van der Waals surface area contributed by atoms with Crippen molar-refractivity contribution >= 4 is 35.8 Å². The quantitative estimate of drug-likeness (QED) is 0.369. The normalized spacial score (nSPS) is 28.9. The van der Waals surface area contributed by atoms with Crippen molar-refractivity contribution in [2.45, 2.75) is 36.1 Å². The molecule has 0 saturated carbocycles. The summed E-state index contributed by atoms with van der Waals surface area (Å²) in [5.41, 5.74) is 0. The van der Waals surface area contributed by atoms with Crippen LogP contribution in [0.15, 0.2) is 15.9 Å². The van der Waals surface area contributed by atoms with E-state index in [1.807, 2.05) is 0 Å². The maximum atomic E-state index is 12.9. The number of rotatable bonds is 4. The molecule has 3 fully saturated rings. The first-order chi connectivity index (χ1) is 14.9. The first-order valence-corrected chi connectivity index (χ1v) is 10.4. The minimum atomic E-state index is -1.54. The van der Waals surface area contributed by atoms with Gasteiger partial charge in [-0.15, -0.1) is 5.10 Å². The third-order valence-electron chi connectivity index (χ3n) is 5.88. The van der Waals surface area contributed by atoms with E-state index in [4.69, 9.17) is 4.74 Å². The number of carboxylic acid groups (broad SMARTS) is 1. The zero-order chi connectivity index (χ0) is 21.9. The summed E-state index contributed by atoms with van der Waals surface area (Å²) in [4.78, 5) is 52.0. The lowest BCUT2D eigenvalue weighted by molar-refractivity contribution is -0.160. The molecule has 0 spiro atoms. The van der Waals surface area contributed by atoms with E-state index in [0.29, 0.717) is 29.4 Å². The van der Waals surface area contributed by atoms with E-state index in [9.17, 15) is 24.3 Å². The number of β-lactam (4-membered cyclic amide) rings is 1. The molecular weight excluding hydrogens is 432 g/mol. The molecule has 31 heavy (non-hydrogen) atoms. The summed E-state index contributed by atoms with van der Waals surface area (Å²) < 4.78 is 6.40. The second kappa shape index (κ2) is 7.11. The number of urea groups is 1. The Balaban J connectivity index is 1.40. The Labute approximate surface area is 178 Å². The molecule has 3 saturated heterocycles. The van der Waals surface area contributed by atoms with Gasteiger partial charge in [0.15, 0.2) is 0 Å². The van der Waals surface area contributed by atoms with E-state index in [1.54, 1.807) is 7.05 Å². The van der Waals surface area contributed by atoms with Crippen LogP contribution in [-0.2, 0) is 21.4 Å². The van der Waals surface area contributed by atoms with E-state index in [1.165, 1.54) is 14.5 Å². The Kier molecular flexibility index (Phi) is 4.49. The van der Waals surface area contributed by atoms with E-state index < -0.39 is 36.2 Å². The van der Waals surface area contributed by atoms with E-state index in [0.717, 1.165) is 11.8 Å². The topological polar surface area (TPSA) is 172 Å². The molecule has 4 amide bonds. The van der Waals surface area contributed by atoms with Crippen molar-refractivity contribution in [1.82, 2.24) is 40.6 Å². The second-order valence-electron chi connectivity index (χ2n) is 7.54. The smallest absolute Gasteiger partial charge is 0.449 e. The lowest BCUT2D eigenvalue weighted by Crippen LogP contribution is -2.74. The molecule has 14 nitrogen and oxygen atoms in total. The van der Waals surface area contributed by atoms with Gasteiger partial charge in [-0.2, -0.15) is 0 Å². The van der Waals surface area contributed by atoms with Gasteiger partial charge < -0.3 is 25.4 Å². The molecular formula is C16H18N8O6S. The van der Waals surface area contributed by atoms with Crippen LogP contribution >= 0.6 is 11.8 Å². The molecule has 1 aromatic heterocycles. The largest absolute Gasteiger partial charge is 0.512 e. The number of carbonyl (C=O) groups is 4. The van der Waals surface area contributed by atoms with Gasteiger partial charge in [0.05, 0.1) is 10.9 Å². The van der Waals surface area contributed by atoms with Crippen molar-refractivity contribution in [2.75, 3.05) is 13.1 Å². The van der Waals surface area contributed by atoms with Crippen molar-refractivity contribution in [3.05, 3.63) is 10.8 Å². The Morgan fingerprint density at radius 2 is 2.13 bits per heavy atom. The molecule has 0 aliphatic carbocycles. The molecule has 4 aliphatic heterocycles. The summed E-state index contributed by atoms with van der Waals surface area (Å²) in [5.74, 6) is -0.962. The number of carbonyl (C=O) groups excluding carboxylic acids is 3. The van der Waals surface area contributed by atoms with Crippen LogP contribution in [0, 0.1) is 5.92 Å². The number of aromatic nitrogens is 4. The summed E-state index contributed by atoms with van der Waals surface area (Å²) in [6.45, 7) is 0.759. The van der Waals surface area contributed by atoms with Crippen molar-refractivity contribution in [3.63, 3.8) is 0 Å². The van der Waals surface area contributed by atoms with Crippen LogP contribution in [0.3, 0.4) is 0 Å². The molecule has 0 aromatic carbocycles. The average molecular weight is 450 g/mol. The van der Waals surface area contributed by atoms with Gasteiger partial charge in [-0.25, -0.2) is 14.3 Å². The highest BCUT2D eigenvalue weighted by Gasteiger charge is 2.64. The zero-order valence-electron chi connectivity index (χ0n) is 16.2. The SMILES string of the molecule is Cn1nnnc1SC1=C(OC(=O)O)N2C(=O)[C@@H]3[C@H]2C1CCN3C(=O)N[C@H]1CCNC1=O. The van der Waals surface area contributed by atoms with Crippen LogP contribution in [-0.4, -0.2) is 90.3 Å². The fourth-order valence-electron chi connectivity index (χ4n) is 4.50. The number of nitrogens with one attached hydrogen (secondary N) is 2. The summed E-state index contributed by atoms with van der Waals surface area (Å²) in [6, 6.07) is -2.31. The van der Waals surface area contributed by atoms with Gasteiger partial charge in [0, 0.05) is 26.1 Å². The molecule has 3 N–H and O–H groups in total. The Hall–Kier alpha value is -3.36. The number of ether oxygens (including phenoxy) is 1. The van der Waals surface area contributed by atoms with Gasteiger partial charge in [-0.3, -0.25) is 14.5 Å². The first-order valence-electron chi connectivity index (χ1n) is 9.60. The number of tetrazole rings is 1. The van der Waals surface area contributed by atoms with Crippen molar-refractivity contribution in [3.8, 4) is 0 Å². The fourth-order valence-corrected chi connectivity index (χ4v) is 5.58. The van der Waals surface area contributed by atoms with E-state index in [-0.39, 0.29) is 24.3 Å². The molecule has 4 atom stereocenters. The Bertz CT molecular complexity index is 1030. The number of nitrogens with zero attached hydrogens (tertiary/aromatic N) is 6. The number of piperidine rings is 1. The van der Waals surface area contributed by atoms with Gasteiger partial charge in [-0.05, 0) is 35.0 Å². The second-order valence-corrected chi connectivity index (χ2v) is 8.55. The van der Waals surface area contributed by atoms with Gasteiger partial charge in [0.1, 0.15) is 12.1 Å². The van der Waals surface area contributed by atoms with Crippen LogP contribution in [0.4, 0.5) is 9.59 Å². The molecule has 4 aliphatic rings. The molecule has 0 radical (unpaired) electrons. The minimum Gasteiger partial charge on any atom is -0.449 e. The number of likely N-dealkylation sites (tertiary alicyclic amines) is 1. The number of amides is 4. The maximum absolute atomic E-state index is 12.9. The number of thioether (sulfide) groups is 1. The van der Waals surface area contributed by atoms with Crippen LogP contribution in [0.1, 0.15) is 12.8 Å². The lowest BCUT2D eigenvalue weighted by atomic mass is 9.81. The fraction of sp³-hybridized carbons (Fsp3) is 0.562. The van der Waals surface area contributed by atoms with Gasteiger partial charge >= 0.3 is 12.2 Å². The van der Waals surface area contributed by atoms with E-state index >= 15 is 0 Å². The molecule has 5 heterocycles. The Morgan fingerprint density at radius 3 is 2.77 bits per heavy atom. The van der Waals surface area contributed by atoms with Crippen LogP contribution < -0.4 is 10.6 Å². The summed E-state index contributed by atoms with van der Waals surface area (Å²) in [7, 11) is 1.64. The molecule has 164 valence electrons. The highest BCUT2D eigenvalue weighted by Crippen LogP contribution is 2.53. The standard InChI is InChI=1S/C16H18N8O6S/c1-22-15(19-20-21-22)31-10-6-3-5-23(14(27)18-7-2-4-17-11(7)25)9-8(6)24(12(9)26)13(10)30-16(28)29/h6-9H,2-5H2,1H3,(H,17,25)(H,18,27)(H,28,29)/t6?,7-,8+,9-/m0/s1. The highest BCUT2D eigenvalue weighted by atomic mass is 32.2. The monoisotopic (exact) mass is 450 g/mol. The van der Waals surface area contributed by atoms with E-state index in [2.05, 4.69) is 26.2 Å². The molecule has 15 heteroatoms. The zero-order valence-corrected chi connectivity index (χ0v) is 17.0. The maximum Gasteiger partial charge on any atom is 0.512 e. The highest BCUT2D eigenvalue weighted by molar-refractivity contribution is 8.03. The van der Waals surface area contributed by atoms with Gasteiger partial charge in [-0.1, -0.05) is 0 Å². The van der Waals surface area contributed by atoms with Crippen molar-refractivity contribution in [2.24, 2.45) is 13.0 Å². The third-order valence-corrected chi connectivity index (χ3v) is 7.11. The van der Waals surface area contributed by atoms with Gasteiger partial charge in [0.25, 0.3) is 5.91 Å². The lowest BCUT2D eigenvalue weighted by Gasteiger charge is -2.52. The summed E-state index contributed by atoms with van der Waals surface area (Å²) >= 11 is 1.14. The van der Waals surface area contributed by atoms with Crippen molar-refractivity contribution in [1.29, 1.82) is 0 Å². The van der Waals surface area contributed by atoms with Crippen LogP contribution in [0.2, 0.25) is 0 Å². The summed E-state index contributed by atoms with van der Waals surface area (Å²) in [6.07, 6.45) is -0.573. The minimum absolute atomic E-state index is 0.0609. The molecule has 5 rings (SSSR count). The molecule has 1 aromatic rings. The van der Waals surface area contributed by atoms with Crippen LogP contribution in [0.5, 0.6) is 0 Å². The van der Waals surface area contributed by atoms with Crippen molar-refractivity contribution < 1.29 is 29.0 Å². The van der Waals surface area contributed by atoms with Crippen LogP contribution in [0.25, 0.3) is 0 Å². The molecule has 1 unspecified atom stereocenters. The Morgan fingerprint density at radius 1 is 1.32 bits per heavy atom. The average Bonchev–Trinajstić information content (AvgIpc) is 3.39. The summed E-state index contributed by atoms with van der Waals surface area (Å²) in [5, 5.41) is 26.2.